The first kappa shape index (κ1) is 16.9. The number of anilines is 1. The normalized spacial score (nSPS) is 10.3. The van der Waals surface area contributed by atoms with Crippen LogP contribution in [0.15, 0.2) is 67.1 Å². The van der Waals surface area contributed by atoms with Crippen LogP contribution in [-0.2, 0) is 13.1 Å². The molecule has 3 rings (SSSR count). The Kier molecular flexibility index (Phi) is 5.59. The first-order valence-electron chi connectivity index (χ1n) is 7.83. The number of nitrogens with zero attached hydrogens (tertiary/aromatic N) is 2. The summed E-state index contributed by atoms with van der Waals surface area (Å²) in [5.74, 6) is 0.459. The fourth-order valence-electron chi connectivity index (χ4n) is 2.28. The van der Waals surface area contributed by atoms with Gasteiger partial charge in [-0.15, -0.1) is 0 Å². The molecule has 25 heavy (non-hydrogen) atoms. The smallest absolute Gasteiger partial charge is 0.251 e. The highest BCUT2D eigenvalue weighted by Gasteiger charge is 2.08. The average Bonchev–Trinajstić information content (AvgIpc) is 2.66. The Labute approximate surface area is 151 Å². The molecule has 0 radical (unpaired) electrons. The second kappa shape index (κ2) is 8.26. The van der Waals surface area contributed by atoms with Gasteiger partial charge in [-0.2, -0.15) is 0 Å². The summed E-state index contributed by atoms with van der Waals surface area (Å²) in [4.78, 5) is 20.6. The van der Waals surface area contributed by atoms with Crippen molar-refractivity contribution in [3.63, 3.8) is 0 Å². The minimum Gasteiger partial charge on any atom is -0.366 e. The van der Waals surface area contributed by atoms with Gasteiger partial charge in [-0.3, -0.25) is 9.78 Å². The molecule has 0 fully saturated rings. The summed E-state index contributed by atoms with van der Waals surface area (Å²) >= 11 is 6.10. The molecule has 0 aliphatic rings. The zero-order valence-electron chi connectivity index (χ0n) is 13.4. The molecular formula is C19H17ClN4O. The monoisotopic (exact) mass is 352 g/mol. The third-order valence-corrected chi connectivity index (χ3v) is 3.98. The Morgan fingerprint density at radius 2 is 1.92 bits per heavy atom. The van der Waals surface area contributed by atoms with Gasteiger partial charge in [0.15, 0.2) is 0 Å². The Hall–Kier alpha value is -2.92. The van der Waals surface area contributed by atoms with Gasteiger partial charge in [-0.25, -0.2) is 4.98 Å². The van der Waals surface area contributed by atoms with Crippen molar-refractivity contribution in [2.24, 2.45) is 0 Å². The number of halogens is 1. The van der Waals surface area contributed by atoms with Crippen LogP contribution in [0, 0.1) is 0 Å². The van der Waals surface area contributed by atoms with Crippen LogP contribution in [0.5, 0.6) is 0 Å². The highest BCUT2D eigenvalue weighted by molar-refractivity contribution is 6.31. The molecule has 5 nitrogen and oxygen atoms in total. The molecule has 0 aliphatic carbocycles. The molecule has 0 saturated carbocycles. The van der Waals surface area contributed by atoms with Gasteiger partial charge in [0.2, 0.25) is 0 Å². The molecule has 2 aromatic heterocycles. The molecule has 126 valence electrons. The molecule has 0 unspecified atom stereocenters. The van der Waals surface area contributed by atoms with Gasteiger partial charge in [-0.1, -0.05) is 35.9 Å². The third-order valence-electron chi connectivity index (χ3n) is 3.62. The topological polar surface area (TPSA) is 66.9 Å². The number of hydrogen-bond acceptors (Lipinski definition) is 4. The summed E-state index contributed by atoms with van der Waals surface area (Å²) in [5.41, 5.74) is 2.45. The summed E-state index contributed by atoms with van der Waals surface area (Å²) in [6, 6.07) is 14.7. The number of amides is 1. The van der Waals surface area contributed by atoms with Crippen LogP contribution < -0.4 is 10.6 Å². The number of benzene rings is 1. The van der Waals surface area contributed by atoms with Crippen molar-refractivity contribution in [2.45, 2.75) is 13.1 Å². The van der Waals surface area contributed by atoms with Crippen molar-refractivity contribution in [3.05, 3.63) is 88.8 Å². The molecule has 1 amide bonds. The molecule has 0 atom stereocenters. The predicted molar refractivity (Wildman–Crippen MR) is 98.4 cm³/mol. The number of carbonyl (C=O) groups is 1. The SMILES string of the molecule is O=C(NCc1ccccc1Cl)c1ccnc(NCc2cccnc2)c1. The van der Waals surface area contributed by atoms with Gasteiger partial charge in [0.1, 0.15) is 5.82 Å². The molecular weight excluding hydrogens is 336 g/mol. The molecule has 6 heteroatoms. The Morgan fingerprint density at radius 1 is 1.04 bits per heavy atom. The van der Waals surface area contributed by atoms with Gasteiger partial charge in [-0.05, 0) is 35.4 Å². The zero-order valence-corrected chi connectivity index (χ0v) is 14.2. The van der Waals surface area contributed by atoms with Crippen molar-refractivity contribution in [1.82, 2.24) is 15.3 Å². The minimum atomic E-state index is -0.174. The number of carbonyl (C=O) groups excluding carboxylic acids is 1. The Balaban J connectivity index is 1.60. The lowest BCUT2D eigenvalue weighted by Crippen LogP contribution is -2.23. The van der Waals surface area contributed by atoms with E-state index in [1.165, 1.54) is 0 Å². The van der Waals surface area contributed by atoms with Gasteiger partial charge < -0.3 is 10.6 Å². The fourth-order valence-corrected chi connectivity index (χ4v) is 2.49. The summed E-state index contributed by atoms with van der Waals surface area (Å²) in [6.45, 7) is 0.963. The maximum atomic E-state index is 12.3. The summed E-state index contributed by atoms with van der Waals surface area (Å²) in [7, 11) is 0. The minimum absolute atomic E-state index is 0.174. The Bertz CT molecular complexity index is 855. The quantitative estimate of drug-likeness (QED) is 0.710. The van der Waals surface area contributed by atoms with Crippen molar-refractivity contribution in [1.29, 1.82) is 0 Å². The standard InChI is InChI=1S/C19H17ClN4O/c20-17-6-2-1-5-16(17)13-24-19(25)15-7-9-22-18(10-15)23-12-14-4-3-8-21-11-14/h1-11H,12-13H2,(H,22,23)(H,24,25). The van der Waals surface area contributed by atoms with E-state index in [1.54, 1.807) is 36.8 Å². The van der Waals surface area contributed by atoms with E-state index >= 15 is 0 Å². The lowest BCUT2D eigenvalue weighted by Gasteiger charge is -2.09. The average molecular weight is 353 g/mol. The van der Waals surface area contributed by atoms with E-state index in [0.29, 0.717) is 29.5 Å². The van der Waals surface area contributed by atoms with E-state index in [0.717, 1.165) is 11.1 Å². The van der Waals surface area contributed by atoms with E-state index < -0.39 is 0 Å². The first-order chi connectivity index (χ1) is 12.2. The van der Waals surface area contributed by atoms with Gasteiger partial charge in [0, 0.05) is 42.3 Å². The van der Waals surface area contributed by atoms with Crippen LogP contribution in [-0.4, -0.2) is 15.9 Å². The lowest BCUT2D eigenvalue weighted by atomic mass is 10.2. The van der Waals surface area contributed by atoms with Crippen molar-refractivity contribution in [3.8, 4) is 0 Å². The van der Waals surface area contributed by atoms with Crippen LogP contribution in [0.1, 0.15) is 21.5 Å². The predicted octanol–water partition coefficient (Wildman–Crippen LogP) is 3.67. The molecule has 3 aromatic rings. The summed E-state index contributed by atoms with van der Waals surface area (Å²) < 4.78 is 0. The highest BCUT2D eigenvalue weighted by Crippen LogP contribution is 2.15. The van der Waals surface area contributed by atoms with E-state index in [2.05, 4.69) is 20.6 Å². The zero-order chi connectivity index (χ0) is 17.5. The van der Waals surface area contributed by atoms with Crippen LogP contribution in [0.3, 0.4) is 0 Å². The molecule has 0 bridgehead atoms. The van der Waals surface area contributed by atoms with E-state index in [1.807, 2.05) is 30.3 Å². The fraction of sp³-hybridized carbons (Fsp3) is 0.105. The summed E-state index contributed by atoms with van der Waals surface area (Å²) in [6.07, 6.45) is 5.12. The number of pyridine rings is 2. The second-order valence-electron chi connectivity index (χ2n) is 5.42. The lowest BCUT2D eigenvalue weighted by molar-refractivity contribution is 0.0951. The van der Waals surface area contributed by atoms with Crippen LogP contribution >= 0.6 is 11.6 Å². The molecule has 0 saturated heterocycles. The number of nitrogens with one attached hydrogen (secondary N) is 2. The van der Waals surface area contributed by atoms with Crippen molar-refractivity contribution in [2.75, 3.05) is 5.32 Å². The maximum Gasteiger partial charge on any atom is 0.251 e. The molecule has 2 N–H and O–H groups in total. The van der Waals surface area contributed by atoms with Crippen LogP contribution in [0.25, 0.3) is 0 Å². The van der Waals surface area contributed by atoms with Crippen molar-refractivity contribution >= 4 is 23.3 Å². The molecule has 0 spiro atoms. The van der Waals surface area contributed by atoms with Gasteiger partial charge >= 0.3 is 0 Å². The highest BCUT2D eigenvalue weighted by atomic mass is 35.5. The maximum absolute atomic E-state index is 12.3. The molecule has 0 aliphatic heterocycles. The van der Waals surface area contributed by atoms with E-state index in [9.17, 15) is 4.79 Å². The van der Waals surface area contributed by atoms with Crippen LogP contribution in [0.4, 0.5) is 5.82 Å². The van der Waals surface area contributed by atoms with Crippen molar-refractivity contribution < 1.29 is 4.79 Å². The van der Waals surface area contributed by atoms with Gasteiger partial charge in [0.25, 0.3) is 5.91 Å². The van der Waals surface area contributed by atoms with E-state index in [4.69, 9.17) is 11.6 Å². The van der Waals surface area contributed by atoms with Crippen LogP contribution in [0.2, 0.25) is 5.02 Å². The van der Waals surface area contributed by atoms with Gasteiger partial charge in [0.05, 0.1) is 0 Å². The largest absolute Gasteiger partial charge is 0.366 e. The first-order valence-corrected chi connectivity index (χ1v) is 8.20. The molecule has 1 aromatic carbocycles. The molecule has 2 heterocycles. The number of hydrogen-bond donors (Lipinski definition) is 2. The summed E-state index contributed by atoms with van der Waals surface area (Å²) in [5, 5.41) is 6.69. The number of aromatic nitrogens is 2. The third kappa shape index (κ3) is 4.78. The second-order valence-corrected chi connectivity index (χ2v) is 5.83. The Morgan fingerprint density at radius 3 is 2.72 bits per heavy atom. The number of rotatable bonds is 6. The van der Waals surface area contributed by atoms with E-state index in [-0.39, 0.29) is 5.91 Å².